The van der Waals surface area contributed by atoms with Gasteiger partial charge in [-0.2, -0.15) is 4.31 Å². The van der Waals surface area contributed by atoms with Gasteiger partial charge >= 0.3 is 5.97 Å². The van der Waals surface area contributed by atoms with Crippen molar-refractivity contribution in [3.05, 3.63) is 0 Å². The van der Waals surface area contributed by atoms with Gasteiger partial charge in [-0.05, 0) is 31.6 Å². The molecule has 1 aliphatic heterocycles. The molecule has 0 unspecified atom stereocenters. The van der Waals surface area contributed by atoms with Gasteiger partial charge < -0.3 is 5.11 Å². The second-order valence-electron chi connectivity index (χ2n) is 6.56. The van der Waals surface area contributed by atoms with Crippen LogP contribution in [0, 0.1) is 11.3 Å². The fourth-order valence-electron chi connectivity index (χ4n) is 2.39. The zero-order chi connectivity index (χ0) is 14.8. The van der Waals surface area contributed by atoms with E-state index >= 15 is 0 Å². The van der Waals surface area contributed by atoms with Crippen LogP contribution in [0.3, 0.4) is 0 Å². The monoisotopic (exact) mass is 291 g/mol. The van der Waals surface area contributed by atoms with Gasteiger partial charge in [0.25, 0.3) is 0 Å². The Morgan fingerprint density at radius 1 is 1.37 bits per heavy atom. The summed E-state index contributed by atoms with van der Waals surface area (Å²) in [6, 6.07) is -0.448. The summed E-state index contributed by atoms with van der Waals surface area (Å²) < 4.78 is 26.1. The molecule has 0 aromatic rings. The summed E-state index contributed by atoms with van der Waals surface area (Å²) in [4.78, 5) is 11.1. The van der Waals surface area contributed by atoms with E-state index in [0.29, 0.717) is 25.8 Å². The molecule has 1 saturated heterocycles. The van der Waals surface area contributed by atoms with Crippen LogP contribution in [0.5, 0.6) is 0 Å². The minimum Gasteiger partial charge on any atom is -0.481 e. The van der Waals surface area contributed by atoms with Gasteiger partial charge in [0.1, 0.15) is 0 Å². The number of sulfonamides is 1. The van der Waals surface area contributed by atoms with Crippen molar-refractivity contribution in [2.24, 2.45) is 11.3 Å². The van der Waals surface area contributed by atoms with Crippen LogP contribution in [0.2, 0.25) is 0 Å². The molecule has 112 valence electrons. The third kappa shape index (κ3) is 4.45. The Kier molecular flexibility index (Phi) is 5.01. The SMILES string of the molecule is C[C@@H]1[C@H](C(=O)O)CCCN1S(=O)(=O)CCC(C)(C)C. The summed E-state index contributed by atoms with van der Waals surface area (Å²) in [6.07, 6.45) is 1.76. The van der Waals surface area contributed by atoms with E-state index in [-0.39, 0.29) is 11.2 Å². The Balaban J connectivity index is 2.80. The predicted molar refractivity (Wildman–Crippen MR) is 74.4 cm³/mol. The van der Waals surface area contributed by atoms with Crippen LogP contribution in [-0.4, -0.2) is 42.1 Å². The molecule has 19 heavy (non-hydrogen) atoms. The summed E-state index contributed by atoms with van der Waals surface area (Å²) in [5.74, 6) is -1.39. The predicted octanol–water partition coefficient (Wildman–Crippen LogP) is 1.94. The fourth-order valence-corrected chi connectivity index (χ4v) is 4.55. The summed E-state index contributed by atoms with van der Waals surface area (Å²) in [6.45, 7) is 8.15. The molecular weight excluding hydrogens is 266 g/mol. The van der Waals surface area contributed by atoms with E-state index in [2.05, 4.69) is 0 Å². The van der Waals surface area contributed by atoms with Crippen LogP contribution in [0.4, 0.5) is 0 Å². The zero-order valence-electron chi connectivity index (χ0n) is 12.2. The number of aliphatic carboxylic acids is 1. The average molecular weight is 291 g/mol. The molecule has 0 aromatic carbocycles. The smallest absolute Gasteiger partial charge is 0.308 e. The summed E-state index contributed by atoms with van der Waals surface area (Å²) >= 11 is 0. The topological polar surface area (TPSA) is 74.7 Å². The fraction of sp³-hybridized carbons (Fsp3) is 0.923. The first-order chi connectivity index (χ1) is 8.54. The van der Waals surface area contributed by atoms with Crippen LogP contribution < -0.4 is 0 Å². The summed E-state index contributed by atoms with van der Waals surface area (Å²) in [5, 5.41) is 9.13. The quantitative estimate of drug-likeness (QED) is 0.859. The highest BCUT2D eigenvalue weighted by molar-refractivity contribution is 7.89. The lowest BCUT2D eigenvalue weighted by Gasteiger charge is -2.36. The Morgan fingerprint density at radius 3 is 2.42 bits per heavy atom. The van der Waals surface area contributed by atoms with Gasteiger partial charge in [0, 0.05) is 12.6 Å². The van der Waals surface area contributed by atoms with Gasteiger partial charge in [-0.1, -0.05) is 20.8 Å². The molecule has 1 aliphatic rings. The molecule has 0 aromatic heterocycles. The van der Waals surface area contributed by atoms with Crippen molar-refractivity contribution in [3.63, 3.8) is 0 Å². The van der Waals surface area contributed by atoms with Gasteiger partial charge in [-0.25, -0.2) is 8.42 Å². The number of carbonyl (C=O) groups is 1. The molecule has 1 heterocycles. The highest BCUT2D eigenvalue weighted by Gasteiger charge is 2.38. The van der Waals surface area contributed by atoms with Crippen LogP contribution in [-0.2, 0) is 14.8 Å². The van der Waals surface area contributed by atoms with Crippen molar-refractivity contribution in [2.75, 3.05) is 12.3 Å². The molecule has 5 nitrogen and oxygen atoms in total. The van der Waals surface area contributed by atoms with E-state index in [9.17, 15) is 13.2 Å². The van der Waals surface area contributed by atoms with Crippen LogP contribution in [0.15, 0.2) is 0 Å². The molecule has 2 atom stereocenters. The third-order valence-electron chi connectivity index (χ3n) is 3.71. The van der Waals surface area contributed by atoms with Crippen LogP contribution in [0.1, 0.15) is 47.0 Å². The number of carboxylic acid groups (broad SMARTS) is 1. The number of hydrogen-bond donors (Lipinski definition) is 1. The minimum absolute atomic E-state index is 0.0434. The highest BCUT2D eigenvalue weighted by atomic mass is 32.2. The minimum atomic E-state index is -3.36. The van der Waals surface area contributed by atoms with Crippen molar-refractivity contribution in [1.29, 1.82) is 0 Å². The lowest BCUT2D eigenvalue weighted by molar-refractivity contribution is -0.144. The molecule has 1 fully saturated rings. The molecule has 0 radical (unpaired) electrons. The van der Waals surface area contributed by atoms with Gasteiger partial charge in [0.2, 0.25) is 10.0 Å². The average Bonchev–Trinajstić information content (AvgIpc) is 2.25. The van der Waals surface area contributed by atoms with E-state index in [1.54, 1.807) is 6.92 Å². The molecule has 1 N–H and O–H groups in total. The molecule has 0 amide bonds. The number of nitrogens with zero attached hydrogens (tertiary/aromatic N) is 1. The van der Waals surface area contributed by atoms with Gasteiger partial charge in [-0.15, -0.1) is 0 Å². The van der Waals surface area contributed by atoms with E-state index in [0.717, 1.165) is 0 Å². The van der Waals surface area contributed by atoms with Crippen molar-refractivity contribution < 1.29 is 18.3 Å². The Morgan fingerprint density at radius 2 is 1.95 bits per heavy atom. The van der Waals surface area contributed by atoms with Crippen molar-refractivity contribution in [2.45, 2.75) is 53.0 Å². The maximum Gasteiger partial charge on any atom is 0.308 e. The lowest BCUT2D eigenvalue weighted by atomic mass is 9.92. The normalized spacial score (nSPS) is 26.3. The number of piperidine rings is 1. The lowest BCUT2D eigenvalue weighted by Crippen LogP contribution is -2.49. The van der Waals surface area contributed by atoms with Gasteiger partial charge in [-0.3, -0.25) is 4.79 Å². The first kappa shape index (κ1) is 16.4. The highest BCUT2D eigenvalue weighted by Crippen LogP contribution is 2.28. The molecular formula is C13H25NO4S. The molecule has 0 aliphatic carbocycles. The Bertz CT molecular complexity index is 424. The number of rotatable bonds is 4. The first-order valence-electron chi connectivity index (χ1n) is 6.77. The van der Waals surface area contributed by atoms with Crippen LogP contribution in [0.25, 0.3) is 0 Å². The Hall–Kier alpha value is -0.620. The maximum absolute atomic E-state index is 12.3. The van der Waals surface area contributed by atoms with Crippen molar-refractivity contribution in [1.82, 2.24) is 4.31 Å². The van der Waals surface area contributed by atoms with Crippen molar-refractivity contribution in [3.8, 4) is 0 Å². The molecule has 0 bridgehead atoms. The zero-order valence-corrected chi connectivity index (χ0v) is 13.0. The molecule has 0 saturated carbocycles. The largest absolute Gasteiger partial charge is 0.481 e. The van der Waals surface area contributed by atoms with Crippen LogP contribution >= 0.6 is 0 Å². The molecule has 0 spiro atoms. The second-order valence-corrected chi connectivity index (χ2v) is 8.61. The standard InChI is InChI=1S/C13H25NO4S/c1-10-11(12(15)16)6-5-8-14(10)19(17,18)9-7-13(2,3)4/h10-11H,5-9H2,1-4H3,(H,15,16)/t10-,11-/m1/s1. The number of hydrogen-bond acceptors (Lipinski definition) is 3. The Labute approximate surface area is 116 Å². The number of carboxylic acids is 1. The molecule has 6 heteroatoms. The summed E-state index contributed by atoms with van der Waals surface area (Å²) in [7, 11) is -3.36. The molecule has 1 rings (SSSR count). The maximum atomic E-state index is 12.3. The van der Waals surface area contributed by atoms with Gasteiger partial charge in [0.05, 0.1) is 11.7 Å². The van der Waals surface area contributed by atoms with E-state index < -0.39 is 28.0 Å². The van der Waals surface area contributed by atoms with E-state index in [1.165, 1.54) is 4.31 Å². The second kappa shape index (κ2) is 5.79. The van der Waals surface area contributed by atoms with Gasteiger partial charge in [0.15, 0.2) is 0 Å². The third-order valence-corrected chi connectivity index (χ3v) is 5.66. The van der Waals surface area contributed by atoms with E-state index in [1.807, 2.05) is 20.8 Å². The van der Waals surface area contributed by atoms with E-state index in [4.69, 9.17) is 5.11 Å². The first-order valence-corrected chi connectivity index (χ1v) is 8.38. The van der Waals surface area contributed by atoms with Crippen molar-refractivity contribution >= 4 is 16.0 Å². The summed E-state index contributed by atoms with van der Waals surface area (Å²) in [5.41, 5.74) is -0.0434.